The van der Waals surface area contributed by atoms with Crippen molar-refractivity contribution in [1.82, 2.24) is 8.75 Å². The molecule has 0 aliphatic rings. The first kappa shape index (κ1) is 20.9. The zero-order valence-corrected chi connectivity index (χ0v) is 15.9. The Labute approximate surface area is 169 Å². The normalized spacial score (nSPS) is 12.6. The molecule has 0 radical (unpaired) electrons. The highest BCUT2D eigenvalue weighted by Crippen LogP contribution is 2.37. The number of carboxylic acids is 1. The third-order valence-corrected chi connectivity index (χ3v) is 5.09. The minimum atomic E-state index is -4.80. The molecule has 29 heavy (non-hydrogen) atoms. The first-order valence-electron chi connectivity index (χ1n) is 7.88. The Kier molecular flexibility index (Phi) is 5.96. The maximum atomic E-state index is 13.1. The summed E-state index contributed by atoms with van der Waals surface area (Å²) in [6.07, 6.45) is -4.64. The number of rotatable bonds is 6. The van der Waals surface area contributed by atoms with Crippen molar-refractivity contribution in [3.8, 4) is 0 Å². The minimum Gasteiger partial charge on any atom is -0.755 e. The number of hydrogen-bond acceptors (Lipinski definition) is 6. The zero-order valence-electron chi connectivity index (χ0n) is 14.3. The number of alkyl halides is 3. The molecule has 3 aromatic rings. The summed E-state index contributed by atoms with van der Waals surface area (Å²) in [7, 11) is 0. The second-order valence-corrected chi connectivity index (χ2v) is 7.07. The fraction of sp³-hybridized carbons (Fsp3) is 0.118. The van der Waals surface area contributed by atoms with Gasteiger partial charge in [-0.05, 0) is 23.8 Å². The molecule has 0 fully saturated rings. The van der Waals surface area contributed by atoms with Crippen LogP contribution in [-0.2, 0) is 23.9 Å². The van der Waals surface area contributed by atoms with E-state index >= 15 is 0 Å². The van der Waals surface area contributed by atoms with Gasteiger partial charge in [0.1, 0.15) is 5.69 Å². The standard InChI is InChI=1S/C17H12F3N3O4S2/c18-17(19,20)11-6-7-12(16(24)25)14(9-11)23(29(26)27)15-13(21-28-22-15)8-10-4-2-1-3-5-10/h1-7,9H,8H2,(H,24,25)(H,26,27)/p-1. The molecule has 3 rings (SSSR count). The molecule has 0 saturated carbocycles. The number of halogens is 3. The van der Waals surface area contributed by atoms with Crippen molar-refractivity contribution in [2.45, 2.75) is 12.6 Å². The maximum absolute atomic E-state index is 13.1. The van der Waals surface area contributed by atoms with E-state index in [0.29, 0.717) is 34.2 Å². The van der Waals surface area contributed by atoms with Crippen molar-refractivity contribution in [3.05, 3.63) is 70.9 Å². The number of carbonyl (C=O) groups is 1. The molecule has 0 aliphatic heterocycles. The van der Waals surface area contributed by atoms with Crippen LogP contribution in [0.2, 0.25) is 0 Å². The molecule has 1 unspecified atom stereocenters. The van der Waals surface area contributed by atoms with Crippen LogP contribution < -0.4 is 4.31 Å². The summed E-state index contributed by atoms with van der Waals surface area (Å²) < 4.78 is 71.6. The van der Waals surface area contributed by atoms with Gasteiger partial charge in [0.25, 0.3) is 0 Å². The second-order valence-electron chi connectivity index (χ2n) is 5.74. The highest BCUT2D eigenvalue weighted by Gasteiger charge is 2.33. The van der Waals surface area contributed by atoms with Gasteiger partial charge < -0.3 is 9.66 Å². The van der Waals surface area contributed by atoms with Gasteiger partial charge in [0.2, 0.25) is 0 Å². The Morgan fingerprint density at radius 1 is 1.17 bits per heavy atom. The first-order chi connectivity index (χ1) is 13.7. The fourth-order valence-electron chi connectivity index (χ4n) is 2.58. The smallest absolute Gasteiger partial charge is 0.416 e. The summed E-state index contributed by atoms with van der Waals surface area (Å²) in [5.41, 5.74) is -1.55. The van der Waals surface area contributed by atoms with Gasteiger partial charge in [-0.1, -0.05) is 30.3 Å². The van der Waals surface area contributed by atoms with Crippen LogP contribution in [0.15, 0.2) is 48.5 Å². The van der Waals surface area contributed by atoms with E-state index < -0.39 is 40.2 Å². The molecule has 0 spiro atoms. The maximum Gasteiger partial charge on any atom is 0.416 e. The molecule has 2 aromatic carbocycles. The Balaban J connectivity index is 2.14. The highest BCUT2D eigenvalue weighted by molar-refractivity contribution is 7.81. The van der Waals surface area contributed by atoms with Crippen LogP contribution in [0.4, 0.5) is 24.7 Å². The van der Waals surface area contributed by atoms with Gasteiger partial charge in [-0.25, -0.2) is 4.79 Å². The Bertz CT molecular complexity index is 1060. The molecule has 0 bridgehead atoms. The fourth-order valence-corrected chi connectivity index (χ4v) is 3.78. The van der Waals surface area contributed by atoms with Crippen LogP contribution >= 0.6 is 11.7 Å². The number of nitrogens with zero attached hydrogens (tertiary/aromatic N) is 3. The predicted octanol–water partition coefficient (Wildman–Crippen LogP) is 3.78. The van der Waals surface area contributed by atoms with Crippen LogP contribution in [-0.4, -0.2) is 28.6 Å². The zero-order chi connectivity index (χ0) is 21.2. The Morgan fingerprint density at radius 3 is 2.45 bits per heavy atom. The number of anilines is 2. The van der Waals surface area contributed by atoms with Gasteiger partial charge >= 0.3 is 12.1 Å². The molecule has 1 atom stereocenters. The molecule has 12 heteroatoms. The quantitative estimate of drug-likeness (QED) is 0.583. The average Bonchev–Trinajstić information content (AvgIpc) is 3.09. The van der Waals surface area contributed by atoms with Gasteiger partial charge in [0.05, 0.1) is 39.8 Å². The number of aromatic nitrogens is 2. The van der Waals surface area contributed by atoms with Crippen LogP contribution in [0, 0.1) is 0 Å². The third kappa shape index (κ3) is 4.60. The molecule has 0 aliphatic carbocycles. The van der Waals surface area contributed by atoms with E-state index in [0.717, 1.165) is 5.56 Å². The van der Waals surface area contributed by atoms with Crippen molar-refractivity contribution in [1.29, 1.82) is 0 Å². The number of benzene rings is 2. The summed E-state index contributed by atoms with van der Waals surface area (Å²) in [5.74, 6) is -1.84. The topological polar surface area (TPSA) is 106 Å². The lowest BCUT2D eigenvalue weighted by Gasteiger charge is -2.27. The Morgan fingerprint density at radius 2 is 1.86 bits per heavy atom. The molecular weight excluding hydrogens is 431 g/mol. The number of hydrogen-bond donors (Lipinski definition) is 1. The molecule has 1 heterocycles. The molecule has 152 valence electrons. The summed E-state index contributed by atoms with van der Waals surface area (Å²) in [6.45, 7) is 0. The van der Waals surface area contributed by atoms with E-state index in [4.69, 9.17) is 0 Å². The molecule has 1 aromatic heterocycles. The van der Waals surface area contributed by atoms with E-state index in [1.165, 1.54) is 0 Å². The van der Waals surface area contributed by atoms with E-state index in [-0.39, 0.29) is 17.9 Å². The predicted molar refractivity (Wildman–Crippen MR) is 98.6 cm³/mol. The van der Waals surface area contributed by atoms with Crippen LogP contribution in [0.3, 0.4) is 0 Å². The molecule has 7 nitrogen and oxygen atoms in total. The van der Waals surface area contributed by atoms with Crippen molar-refractivity contribution < 1.29 is 31.8 Å². The van der Waals surface area contributed by atoms with Gasteiger partial charge in [0, 0.05) is 6.42 Å². The van der Waals surface area contributed by atoms with E-state index in [1.807, 2.05) is 0 Å². The van der Waals surface area contributed by atoms with Crippen molar-refractivity contribution >= 4 is 40.5 Å². The molecule has 0 saturated heterocycles. The Hall–Kier alpha value is -2.83. The van der Waals surface area contributed by atoms with Gasteiger partial charge in [-0.15, -0.1) is 0 Å². The first-order valence-corrected chi connectivity index (χ1v) is 9.64. The summed E-state index contributed by atoms with van der Waals surface area (Å²) in [6, 6.07) is 10.6. The lowest BCUT2D eigenvalue weighted by molar-refractivity contribution is -0.137. The van der Waals surface area contributed by atoms with Gasteiger partial charge in [0.15, 0.2) is 5.82 Å². The lowest BCUT2D eigenvalue weighted by atomic mass is 10.1. The van der Waals surface area contributed by atoms with E-state index in [9.17, 15) is 31.8 Å². The van der Waals surface area contributed by atoms with Crippen LogP contribution in [0.25, 0.3) is 0 Å². The summed E-state index contributed by atoms with van der Waals surface area (Å²) >= 11 is -2.49. The van der Waals surface area contributed by atoms with Crippen molar-refractivity contribution in [2.24, 2.45) is 0 Å². The van der Waals surface area contributed by atoms with Crippen LogP contribution in [0.5, 0.6) is 0 Å². The highest BCUT2D eigenvalue weighted by atomic mass is 32.2. The summed E-state index contributed by atoms with van der Waals surface area (Å²) in [5, 5.41) is 9.35. The van der Waals surface area contributed by atoms with Gasteiger partial charge in [-0.3, -0.25) is 8.51 Å². The summed E-state index contributed by atoms with van der Waals surface area (Å²) in [4.78, 5) is 11.5. The van der Waals surface area contributed by atoms with E-state index in [1.54, 1.807) is 30.3 Å². The van der Waals surface area contributed by atoms with Crippen LogP contribution in [0.1, 0.15) is 27.2 Å². The largest absolute Gasteiger partial charge is 0.755 e. The average molecular weight is 442 g/mol. The lowest BCUT2D eigenvalue weighted by Crippen LogP contribution is -2.24. The minimum absolute atomic E-state index is 0.155. The monoisotopic (exact) mass is 442 g/mol. The molecule has 1 N–H and O–H groups in total. The van der Waals surface area contributed by atoms with E-state index in [2.05, 4.69) is 8.75 Å². The number of aromatic carboxylic acids is 1. The second kappa shape index (κ2) is 8.27. The molecule has 0 amide bonds. The van der Waals surface area contributed by atoms with Crippen molar-refractivity contribution in [2.75, 3.05) is 4.31 Å². The van der Waals surface area contributed by atoms with Gasteiger partial charge in [-0.2, -0.15) is 21.9 Å². The third-order valence-electron chi connectivity index (χ3n) is 3.87. The van der Waals surface area contributed by atoms with Crippen molar-refractivity contribution in [3.63, 3.8) is 0 Å². The molecular formula is C17H11F3N3O4S2-. The number of carboxylic acid groups (broad SMARTS) is 1. The SMILES string of the molecule is O=C(O)c1ccc(C(F)(F)F)cc1N(c1nsnc1Cc1ccccc1)S(=O)[O-].